The third-order valence-corrected chi connectivity index (χ3v) is 2.27. The van der Waals surface area contributed by atoms with Crippen molar-refractivity contribution in [3.8, 4) is 0 Å². The molecule has 0 aromatic carbocycles. The summed E-state index contributed by atoms with van der Waals surface area (Å²) in [5.41, 5.74) is -0.0980. The molecule has 1 atom stereocenters. The van der Waals surface area contributed by atoms with Gasteiger partial charge >= 0.3 is 5.69 Å². The van der Waals surface area contributed by atoms with E-state index in [0.29, 0.717) is 13.2 Å². The Bertz CT molecular complexity index is 350. The minimum Gasteiger partial charge on any atom is -0.374 e. The minimum atomic E-state index is -0.0980. The Kier molecular flexibility index (Phi) is 2.64. The van der Waals surface area contributed by atoms with E-state index in [2.05, 4.69) is 10.4 Å². The van der Waals surface area contributed by atoms with Crippen LogP contribution < -0.4 is 11.0 Å². The number of hydrogen-bond donors (Lipinski definition) is 1. The summed E-state index contributed by atoms with van der Waals surface area (Å²) in [7, 11) is 1.69. The summed E-state index contributed by atoms with van der Waals surface area (Å²) in [4.78, 5) is 11.4. The van der Waals surface area contributed by atoms with Gasteiger partial charge in [-0.25, -0.2) is 9.48 Å². The van der Waals surface area contributed by atoms with Crippen molar-refractivity contribution in [2.45, 2.75) is 12.6 Å². The van der Waals surface area contributed by atoms with Crippen molar-refractivity contribution in [3.63, 3.8) is 0 Å². The Morgan fingerprint density at radius 3 is 3.21 bits per heavy atom. The number of hydrogen-bond acceptors (Lipinski definition) is 4. The monoisotopic (exact) mass is 198 g/mol. The fraction of sp³-hybridized carbons (Fsp3) is 0.750. The molecule has 0 aliphatic carbocycles. The normalized spacial score (nSPS) is 22.5. The molecule has 1 saturated heterocycles. The lowest BCUT2D eigenvalue weighted by Crippen LogP contribution is -2.42. The van der Waals surface area contributed by atoms with Crippen LogP contribution in [0.2, 0.25) is 0 Å². The molecule has 1 unspecified atom stereocenters. The summed E-state index contributed by atoms with van der Waals surface area (Å²) >= 11 is 0. The number of morpholine rings is 1. The summed E-state index contributed by atoms with van der Waals surface area (Å²) < 4.78 is 8.36. The lowest BCUT2D eigenvalue weighted by molar-refractivity contribution is 0.0154. The molecule has 1 fully saturated rings. The highest BCUT2D eigenvalue weighted by Crippen LogP contribution is 1.97. The third-order valence-electron chi connectivity index (χ3n) is 2.27. The molecule has 1 aromatic rings. The molecular formula is C8H14N4O2. The summed E-state index contributed by atoms with van der Waals surface area (Å²) in [5, 5.41) is 7.18. The molecule has 14 heavy (non-hydrogen) atoms. The van der Waals surface area contributed by atoms with Crippen molar-refractivity contribution < 1.29 is 4.74 Å². The molecule has 6 nitrogen and oxygen atoms in total. The molecule has 2 heterocycles. The third kappa shape index (κ3) is 1.85. The molecule has 2 rings (SSSR count). The lowest BCUT2D eigenvalue weighted by atomic mass is 10.3. The average molecular weight is 198 g/mol. The first-order valence-corrected chi connectivity index (χ1v) is 4.68. The molecule has 0 amide bonds. The van der Waals surface area contributed by atoms with Gasteiger partial charge < -0.3 is 10.1 Å². The first-order chi connectivity index (χ1) is 6.77. The molecule has 1 N–H and O–H groups in total. The van der Waals surface area contributed by atoms with Crippen molar-refractivity contribution >= 4 is 0 Å². The summed E-state index contributed by atoms with van der Waals surface area (Å²) in [6.45, 7) is 2.88. The van der Waals surface area contributed by atoms with Crippen LogP contribution in [0.3, 0.4) is 0 Å². The highest BCUT2D eigenvalue weighted by Gasteiger charge is 2.15. The van der Waals surface area contributed by atoms with E-state index < -0.39 is 0 Å². The van der Waals surface area contributed by atoms with Gasteiger partial charge in [-0.1, -0.05) is 0 Å². The number of aromatic nitrogens is 3. The quantitative estimate of drug-likeness (QED) is 0.633. The first-order valence-electron chi connectivity index (χ1n) is 4.68. The first kappa shape index (κ1) is 9.42. The minimum absolute atomic E-state index is 0.0522. The Morgan fingerprint density at radius 2 is 2.64 bits per heavy atom. The second-order valence-corrected chi connectivity index (χ2v) is 3.40. The Balaban J connectivity index is 2.02. The van der Waals surface area contributed by atoms with Crippen LogP contribution in [0.5, 0.6) is 0 Å². The Labute approximate surface area is 81.5 Å². The van der Waals surface area contributed by atoms with E-state index in [1.807, 2.05) is 0 Å². The van der Waals surface area contributed by atoms with E-state index in [1.165, 1.54) is 15.6 Å². The maximum absolute atomic E-state index is 11.4. The second-order valence-electron chi connectivity index (χ2n) is 3.40. The van der Waals surface area contributed by atoms with Gasteiger partial charge in [0.15, 0.2) is 0 Å². The predicted octanol–water partition coefficient (Wildman–Crippen LogP) is -1.43. The van der Waals surface area contributed by atoms with Crippen molar-refractivity contribution in [2.24, 2.45) is 7.05 Å². The van der Waals surface area contributed by atoms with Gasteiger partial charge in [0.2, 0.25) is 0 Å². The van der Waals surface area contributed by atoms with Crippen LogP contribution in [0.1, 0.15) is 0 Å². The zero-order chi connectivity index (χ0) is 9.97. The molecule has 78 valence electrons. The fourth-order valence-corrected chi connectivity index (χ4v) is 1.48. The summed E-state index contributed by atoms with van der Waals surface area (Å²) in [6.07, 6.45) is 1.56. The van der Waals surface area contributed by atoms with Crippen LogP contribution in [-0.4, -0.2) is 40.1 Å². The fourth-order valence-electron chi connectivity index (χ4n) is 1.48. The van der Waals surface area contributed by atoms with Crippen molar-refractivity contribution in [1.82, 2.24) is 19.7 Å². The van der Waals surface area contributed by atoms with E-state index in [-0.39, 0.29) is 11.8 Å². The molecule has 0 bridgehead atoms. The van der Waals surface area contributed by atoms with Crippen LogP contribution in [0.25, 0.3) is 0 Å². The highest BCUT2D eigenvalue weighted by molar-refractivity contribution is 4.71. The van der Waals surface area contributed by atoms with Gasteiger partial charge in [-0.3, -0.25) is 4.57 Å². The number of aryl methyl sites for hydroxylation is 1. The zero-order valence-electron chi connectivity index (χ0n) is 8.14. The zero-order valence-corrected chi connectivity index (χ0v) is 8.14. The van der Waals surface area contributed by atoms with E-state index >= 15 is 0 Å². The van der Waals surface area contributed by atoms with Gasteiger partial charge in [-0.2, -0.15) is 5.10 Å². The molecule has 0 radical (unpaired) electrons. The number of nitrogens with one attached hydrogen (secondary N) is 1. The maximum atomic E-state index is 11.4. The van der Waals surface area contributed by atoms with Gasteiger partial charge in [0.05, 0.1) is 19.3 Å². The van der Waals surface area contributed by atoms with Crippen molar-refractivity contribution in [3.05, 3.63) is 16.8 Å². The van der Waals surface area contributed by atoms with Gasteiger partial charge in [0.1, 0.15) is 6.33 Å². The van der Waals surface area contributed by atoms with Crippen LogP contribution in [0.4, 0.5) is 0 Å². The molecule has 1 aliphatic heterocycles. The van der Waals surface area contributed by atoms with Crippen LogP contribution in [-0.2, 0) is 18.3 Å². The van der Waals surface area contributed by atoms with E-state index in [9.17, 15) is 4.79 Å². The smallest absolute Gasteiger partial charge is 0.345 e. The molecule has 0 saturated carbocycles. The van der Waals surface area contributed by atoms with E-state index in [4.69, 9.17) is 4.74 Å². The number of nitrogens with zero attached hydrogens (tertiary/aromatic N) is 3. The van der Waals surface area contributed by atoms with E-state index in [0.717, 1.165) is 13.1 Å². The molecule has 0 spiro atoms. The van der Waals surface area contributed by atoms with Crippen molar-refractivity contribution in [1.29, 1.82) is 0 Å². The molecule has 1 aliphatic rings. The summed E-state index contributed by atoms with van der Waals surface area (Å²) in [5.74, 6) is 0. The van der Waals surface area contributed by atoms with Gasteiger partial charge in [-0.05, 0) is 0 Å². The topological polar surface area (TPSA) is 61.1 Å². The van der Waals surface area contributed by atoms with Crippen LogP contribution >= 0.6 is 0 Å². The molecule has 1 aromatic heterocycles. The largest absolute Gasteiger partial charge is 0.374 e. The average Bonchev–Trinajstić information content (AvgIpc) is 2.52. The highest BCUT2D eigenvalue weighted by atomic mass is 16.5. The van der Waals surface area contributed by atoms with Crippen LogP contribution in [0, 0.1) is 0 Å². The van der Waals surface area contributed by atoms with Crippen molar-refractivity contribution in [2.75, 3.05) is 19.7 Å². The summed E-state index contributed by atoms with van der Waals surface area (Å²) in [6, 6.07) is 0. The Morgan fingerprint density at radius 1 is 1.79 bits per heavy atom. The number of rotatable bonds is 2. The van der Waals surface area contributed by atoms with E-state index in [1.54, 1.807) is 7.05 Å². The Hall–Kier alpha value is -1.14. The van der Waals surface area contributed by atoms with Gasteiger partial charge in [0.25, 0.3) is 0 Å². The molecule has 6 heteroatoms. The van der Waals surface area contributed by atoms with Crippen LogP contribution in [0.15, 0.2) is 11.1 Å². The maximum Gasteiger partial charge on any atom is 0.345 e. The standard InChI is InChI=1S/C8H14N4O2/c1-11-6-10-12(8(11)13)5-7-4-9-2-3-14-7/h6-7,9H,2-5H2,1H3. The lowest BCUT2D eigenvalue weighted by Gasteiger charge is -2.22. The van der Waals surface area contributed by atoms with Gasteiger partial charge in [-0.15, -0.1) is 0 Å². The number of ether oxygens (including phenoxy) is 1. The molecular weight excluding hydrogens is 184 g/mol. The SMILES string of the molecule is Cn1cnn(CC2CNCCO2)c1=O. The van der Waals surface area contributed by atoms with Gasteiger partial charge in [0, 0.05) is 20.1 Å². The second kappa shape index (κ2) is 3.93. The predicted molar refractivity (Wildman–Crippen MR) is 50.1 cm³/mol.